The van der Waals surface area contributed by atoms with Crippen LogP contribution in [-0.4, -0.2) is 17.5 Å². The predicted octanol–water partition coefficient (Wildman–Crippen LogP) is 4.62. The molecule has 0 N–H and O–H groups in total. The highest BCUT2D eigenvalue weighted by Gasteiger charge is 2.25. The molecule has 0 spiro atoms. The summed E-state index contributed by atoms with van der Waals surface area (Å²) in [5.41, 5.74) is -0.247. The number of hydrogen-bond acceptors (Lipinski definition) is 6. The molecule has 0 heterocycles. The Bertz CT molecular complexity index is 765. The standard InChI is InChI=1S/C17H16ClNO6/c1-11(25-17(18)20)13-8-15(23-2)16(9-14(13)19(21)22)24-10-12-6-4-3-5-7-12/h3-9,11H,10H2,1-2H3/t11-/m1/s1. The van der Waals surface area contributed by atoms with Crippen LogP contribution >= 0.6 is 11.6 Å². The van der Waals surface area contributed by atoms with Crippen LogP contribution in [0.2, 0.25) is 0 Å². The van der Waals surface area contributed by atoms with Gasteiger partial charge in [0.2, 0.25) is 0 Å². The third-order valence-electron chi connectivity index (χ3n) is 3.45. The van der Waals surface area contributed by atoms with E-state index in [2.05, 4.69) is 0 Å². The highest BCUT2D eigenvalue weighted by Crippen LogP contribution is 2.39. The maximum atomic E-state index is 11.4. The number of hydrogen-bond donors (Lipinski definition) is 0. The molecule has 8 heteroatoms. The molecular formula is C17H16ClNO6. The minimum atomic E-state index is -1.05. The van der Waals surface area contributed by atoms with Gasteiger partial charge in [0.15, 0.2) is 11.5 Å². The van der Waals surface area contributed by atoms with Crippen molar-refractivity contribution in [1.82, 2.24) is 0 Å². The first-order valence-electron chi connectivity index (χ1n) is 7.31. The van der Waals surface area contributed by atoms with Gasteiger partial charge in [-0.15, -0.1) is 0 Å². The van der Waals surface area contributed by atoms with E-state index in [0.717, 1.165) is 5.56 Å². The first-order valence-corrected chi connectivity index (χ1v) is 7.69. The van der Waals surface area contributed by atoms with Crippen molar-refractivity contribution in [3.63, 3.8) is 0 Å². The molecule has 0 aromatic heterocycles. The zero-order valence-corrected chi connectivity index (χ0v) is 14.4. The van der Waals surface area contributed by atoms with Gasteiger partial charge >= 0.3 is 5.43 Å². The van der Waals surface area contributed by atoms with E-state index in [1.165, 1.54) is 26.2 Å². The number of rotatable bonds is 7. The van der Waals surface area contributed by atoms with E-state index in [1.54, 1.807) is 0 Å². The zero-order chi connectivity index (χ0) is 18.4. The van der Waals surface area contributed by atoms with Gasteiger partial charge < -0.3 is 14.2 Å². The summed E-state index contributed by atoms with van der Waals surface area (Å²) in [4.78, 5) is 21.7. The van der Waals surface area contributed by atoms with E-state index in [0.29, 0.717) is 0 Å². The van der Waals surface area contributed by atoms with E-state index in [9.17, 15) is 14.9 Å². The third-order valence-corrected chi connectivity index (χ3v) is 3.54. The molecule has 2 rings (SSSR count). The molecule has 0 saturated heterocycles. The Balaban J connectivity index is 2.35. The number of nitrogens with zero attached hydrogens (tertiary/aromatic N) is 1. The Hall–Kier alpha value is -2.80. The molecular weight excluding hydrogens is 350 g/mol. The van der Waals surface area contributed by atoms with Gasteiger partial charge in [0.05, 0.1) is 23.7 Å². The highest BCUT2D eigenvalue weighted by molar-refractivity contribution is 6.61. The van der Waals surface area contributed by atoms with Crippen molar-refractivity contribution in [3.8, 4) is 11.5 Å². The van der Waals surface area contributed by atoms with Crippen LogP contribution in [0.15, 0.2) is 42.5 Å². The molecule has 0 radical (unpaired) electrons. The van der Waals surface area contributed by atoms with Gasteiger partial charge in [-0.25, -0.2) is 4.79 Å². The fourth-order valence-corrected chi connectivity index (χ4v) is 2.39. The van der Waals surface area contributed by atoms with Gasteiger partial charge in [-0.1, -0.05) is 30.3 Å². The topological polar surface area (TPSA) is 87.9 Å². The minimum Gasteiger partial charge on any atom is -0.493 e. The van der Waals surface area contributed by atoms with Crippen LogP contribution in [0.4, 0.5) is 10.5 Å². The van der Waals surface area contributed by atoms with Crippen molar-refractivity contribution < 1.29 is 23.9 Å². The fourth-order valence-electron chi connectivity index (χ4n) is 2.26. The number of carbonyl (C=O) groups excluding carboxylic acids is 1. The molecule has 0 saturated carbocycles. The largest absolute Gasteiger partial charge is 0.493 e. The lowest BCUT2D eigenvalue weighted by molar-refractivity contribution is -0.386. The highest BCUT2D eigenvalue weighted by atomic mass is 35.5. The monoisotopic (exact) mass is 365 g/mol. The Morgan fingerprint density at radius 3 is 2.48 bits per heavy atom. The molecule has 0 amide bonds. The number of nitro groups is 1. The summed E-state index contributed by atoms with van der Waals surface area (Å²) in [5.74, 6) is 0.500. The van der Waals surface area contributed by atoms with Gasteiger partial charge in [-0.3, -0.25) is 10.1 Å². The summed E-state index contributed by atoms with van der Waals surface area (Å²) in [6, 6.07) is 12.0. The molecule has 0 fully saturated rings. The molecule has 0 bridgehead atoms. The van der Waals surface area contributed by atoms with E-state index < -0.39 is 16.5 Å². The molecule has 25 heavy (non-hydrogen) atoms. The quantitative estimate of drug-likeness (QED) is 0.404. The molecule has 2 aromatic carbocycles. The Morgan fingerprint density at radius 1 is 1.24 bits per heavy atom. The average Bonchev–Trinajstić information content (AvgIpc) is 2.59. The maximum Gasteiger partial charge on any atom is 0.404 e. The van der Waals surface area contributed by atoms with Crippen molar-refractivity contribution >= 4 is 22.7 Å². The second-order valence-corrected chi connectivity index (χ2v) is 5.40. The van der Waals surface area contributed by atoms with Crippen LogP contribution in [0.25, 0.3) is 0 Å². The fraction of sp³-hybridized carbons (Fsp3) is 0.235. The number of nitro benzene ring substituents is 1. The molecule has 0 aliphatic heterocycles. The van der Waals surface area contributed by atoms with E-state index in [-0.39, 0.29) is 29.4 Å². The lowest BCUT2D eigenvalue weighted by atomic mass is 10.1. The Morgan fingerprint density at radius 2 is 1.92 bits per heavy atom. The predicted molar refractivity (Wildman–Crippen MR) is 91.2 cm³/mol. The van der Waals surface area contributed by atoms with Gasteiger partial charge in [-0.05, 0) is 18.6 Å². The Kier molecular flexibility index (Phi) is 6.19. The van der Waals surface area contributed by atoms with Crippen molar-refractivity contribution in [2.45, 2.75) is 19.6 Å². The van der Waals surface area contributed by atoms with Crippen molar-refractivity contribution in [1.29, 1.82) is 0 Å². The third kappa shape index (κ3) is 4.84. The summed E-state index contributed by atoms with van der Waals surface area (Å²) >= 11 is 5.19. The van der Waals surface area contributed by atoms with Crippen LogP contribution in [-0.2, 0) is 11.3 Å². The summed E-state index contributed by atoms with van der Waals surface area (Å²) < 4.78 is 15.7. The number of benzene rings is 2. The van der Waals surface area contributed by atoms with Crippen LogP contribution in [0.3, 0.4) is 0 Å². The molecule has 7 nitrogen and oxygen atoms in total. The smallest absolute Gasteiger partial charge is 0.404 e. The molecule has 1 atom stereocenters. The maximum absolute atomic E-state index is 11.4. The average molecular weight is 366 g/mol. The number of methoxy groups -OCH3 is 1. The number of halogens is 1. The normalized spacial score (nSPS) is 11.5. The van der Waals surface area contributed by atoms with Gasteiger partial charge in [-0.2, -0.15) is 0 Å². The molecule has 0 aliphatic rings. The van der Waals surface area contributed by atoms with Crippen LogP contribution in [0.5, 0.6) is 11.5 Å². The van der Waals surface area contributed by atoms with Crippen molar-refractivity contribution in [2.75, 3.05) is 7.11 Å². The minimum absolute atomic E-state index is 0.155. The second-order valence-electron chi connectivity index (χ2n) is 5.09. The number of carbonyl (C=O) groups is 1. The van der Waals surface area contributed by atoms with Gasteiger partial charge in [0.1, 0.15) is 12.7 Å². The Labute approximate surface area is 149 Å². The molecule has 0 aliphatic carbocycles. The van der Waals surface area contributed by atoms with Gasteiger partial charge in [0, 0.05) is 11.6 Å². The zero-order valence-electron chi connectivity index (χ0n) is 13.6. The first-order chi connectivity index (χ1) is 11.9. The van der Waals surface area contributed by atoms with Crippen LogP contribution in [0, 0.1) is 10.1 Å². The van der Waals surface area contributed by atoms with Crippen molar-refractivity contribution in [3.05, 3.63) is 63.7 Å². The molecule has 2 aromatic rings. The summed E-state index contributed by atoms with van der Waals surface area (Å²) in [6.45, 7) is 1.70. The lowest BCUT2D eigenvalue weighted by Gasteiger charge is -2.16. The number of ether oxygens (including phenoxy) is 3. The lowest BCUT2D eigenvalue weighted by Crippen LogP contribution is -2.07. The molecule has 0 unspecified atom stereocenters. The van der Waals surface area contributed by atoms with Crippen LogP contribution in [0.1, 0.15) is 24.2 Å². The van der Waals surface area contributed by atoms with E-state index in [1.807, 2.05) is 30.3 Å². The van der Waals surface area contributed by atoms with Crippen LogP contribution < -0.4 is 9.47 Å². The summed E-state index contributed by atoms with van der Waals surface area (Å²) in [7, 11) is 1.42. The van der Waals surface area contributed by atoms with Crippen molar-refractivity contribution in [2.24, 2.45) is 0 Å². The summed E-state index contributed by atoms with van der Waals surface area (Å²) in [5, 5.41) is 11.4. The SMILES string of the molecule is COc1cc([C@@H](C)OC(=O)Cl)c([N+](=O)[O-])cc1OCc1ccccc1. The summed E-state index contributed by atoms with van der Waals surface area (Å²) in [6.07, 6.45) is -0.914. The second kappa shape index (κ2) is 8.34. The first kappa shape index (κ1) is 18.5. The molecule has 132 valence electrons. The van der Waals surface area contributed by atoms with Gasteiger partial charge in [0.25, 0.3) is 5.69 Å². The van der Waals surface area contributed by atoms with E-state index >= 15 is 0 Å². The van der Waals surface area contributed by atoms with E-state index in [4.69, 9.17) is 25.8 Å².